The smallest absolute Gasteiger partial charge is 0.351 e. The van der Waals surface area contributed by atoms with Gasteiger partial charge in [-0.3, -0.25) is 4.79 Å². The lowest BCUT2D eigenvalue weighted by Crippen LogP contribution is -2.49. The number of alkyl halides is 3. The summed E-state index contributed by atoms with van der Waals surface area (Å²) in [6.45, 7) is 3.20. The number of benzene rings is 1. The van der Waals surface area contributed by atoms with Gasteiger partial charge >= 0.3 is 6.18 Å². The van der Waals surface area contributed by atoms with E-state index in [1.165, 1.54) is 18.2 Å². The summed E-state index contributed by atoms with van der Waals surface area (Å²) in [5.74, 6) is -0.969. The Morgan fingerprint density at radius 3 is 2.44 bits per heavy atom. The van der Waals surface area contributed by atoms with Crippen LogP contribution in [0.2, 0.25) is 0 Å². The summed E-state index contributed by atoms with van der Waals surface area (Å²) in [5.41, 5.74) is -0.546. The molecule has 1 aromatic heterocycles. The lowest BCUT2D eigenvalue weighted by molar-refractivity contribution is -0.137. The average molecular weight is 420 g/mol. The first-order valence-corrected chi connectivity index (χ1v) is 10.4. The molecular weight excluding hydrogens is 401 g/mol. The molecule has 0 aliphatic carbocycles. The number of amides is 1. The fourth-order valence-corrected chi connectivity index (χ4v) is 4.64. The van der Waals surface area contributed by atoms with Crippen LogP contribution in [0.5, 0.6) is 0 Å². The quantitative estimate of drug-likeness (QED) is 0.721. The lowest BCUT2D eigenvalue weighted by atomic mass is 10.0. The van der Waals surface area contributed by atoms with Crippen molar-refractivity contribution in [2.75, 3.05) is 0 Å². The number of hydrogen-bond donors (Lipinski definition) is 2. The monoisotopic (exact) mass is 420 g/mol. The Morgan fingerprint density at radius 1 is 1.19 bits per heavy atom. The van der Waals surface area contributed by atoms with Gasteiger partial charge in [0.2, 0.25) is 5.91 Å². The Kier molecular flexibility index (Phi) is 6.66. The predicted octanol–water partition coefficient (Wildman–Crippen LogP) is 3.39. The Hall–Kier alpha value is -1.91. The van der Waals surface area contributed by atoms with Crippen LogP contribution in [0.25, 0.3) is 0 Å². The van der Waals surface area contributed by atoms with E-state index in [1.807, 2.05) is 0 Å². The maximum Gasteiger partial charge on any atom is 0.416 e. The second kappa shape index (κ2) is 8.41. The molecule has 1 atom stereocenters. The van der Waals surface area contributed by atoms with E-state index in [0.29, 0.717) is 0 Å². The fourth-order valence-electron chi connectivity index (χ4n) is 2.29. The van der Waals surface area contributed by atoms with E-state index in [1.54, 1.807) is 25.3 Å². The van der Waals surface area contributed by atoms with Crippen molar-refractivity contribution >= 4 is 27.3 Å². The van der Waals surface area contributed by atoms with Crippen LogP contribution in [0.4, 0.5) is 13.2 Å². The van der Waals surface area contributed by atoms with E-state index in [2.05, 4.69) is 10.0 Å². The van der Waals surface area contributed by atoms with E-state index >= 15 is 0 Å². The third-order valence-electron chi connectivity index (χ3n) is 3.71. The molecule has 0 saturated carbocycles. The molecule has 0 aliphatic rings. The molecule has 10 heteroatoms. The zero-order valence-corrected chi connectivity index (χ0v) is 16.2. The third-order valence-corrected chi connectivity index (χ3v) is 6.55. The van der Waals surface area contributed by atoms with Crippen LogP contribution in [0.1, 0.15) is 25.0 Å². The van der Waals surface area contributed by atoms with E-state index in [9.17, 15) is 26.4 Å². The van der Waals surface area contributed by atoms with Crippen molar-refractivity contribution in [1.29, 1.82) is 0 Å². The molecule has 5 nitrogen and oxygen atoms in total. The van der Waals surface area contributed by atoms with Crippen LogP contribution in [0.3, 0.4) is 0 Å². The molecule has 0 fully saturated rings. The Labute approximate surface area is 159 Å². The van der Waals surface area contributed by atoms with Crippen LogP contribution in [0.15, 0.2) is 46.0 Å². The van der Waals surface area contributed by atoms with Gasteiger partial charge in [0.1, 0.15) is 10.3 Å². The van der Waals surface area contributed by atoms with Crippen LogP contribution >= 0.6 is 11.3 Å². The molecule has 0 radical (unpaired) electrons. The van der Waals surface area contributed by atoms with Gasteiger partial charge < -0.3 is 5.32 Å². The van der Waals surface area contributed by atoms with Gasteiger partial charge in [-0.2, -0.15) is 17.9 Å². The molecule has 1 heterocycles. The van der Waals surface area contributed by atoms with Crippen LogP contribution in [0, 0.1) is 5.92 Å². The van der Waals surface area contributed by atoms with E-state index in [0.717, 1.165) is 23.5 Å². The maximum absolute atomic E-state index is 12.8. The molecule has 0 bridgehead atoms. The van der Waals surface area contributed by atoms with Crippen molar-refractivity contribution in [1.82, 2.24) is 10.0 Å². The molecule has 0 aliphatic heterocycles. The molecular formula is C17H19F3N2O3S2. The van der Waals surface area contributed by atoms with Crippen LogP contribution in [-0.4, -0.2) is 20.4 Å². The molecule has 27 heavy (non-hydrogen) atoms. The first-order chi connectivity index (χ1) is 12.5. The highest BCUT2D eigenvalue weighted by atomic mass is 32.2. The van der Waals surface area contributed by atoms with Crippen molar-refractivity contribution in [3.05, 3.63) is 52.9 Å². The number of rotatable bonds is 7. The lowest BCUT2D eigenvalue weighted by Gasteiger charge is -2.21. The van der Waals surface area contributed by atoms with Crippen LogP contribution < -0.4 is 10.0 Å². The first kappa shape index (κ1) is 21.4. The van der Waals surface area contributed by atoms with E-state index in [4.69, 9.17) is 0 Å². The van der Waals surface area contributed by atoms with E-state index < -0.39 is 33.7 Å². The maximum atomic E-state index is 12.8. The number of thiophene rings is 1. The minimum Gasteiger partial charge on any atom is -0.351 e. The first-order valence-electron chi connectivity index (χ1n) is 8.00. The van der Waals surface area contributed by atoms with E-state index in [-0.39, 0.29) is 22.2 Å². The largest absolute Gasteiger partial charge is 0.416 e. The molecule has 2 N–H and O–H groups in total. The number of nitrogens with one attached hydrogen (secondary N) is 2. The predicted molar refractivity (Wildman–Crippen MR) is 96.6 cm³/mol. The highest BCUT2D eigenvalue weighted by Gasteiger charge is 2.31. The van der Waals surface area contributed by atoms with Gasteiger partial charge in [0.05, 0.1) is 5.56 Å². The molecule has 148 valence electrons. The standard InChI is InChI=1S/C17H19F3N2O3S2/c1-11(2)15(22-27(24,25)14-7-4-8-26-14)16(23)21-10-12-5-3-6-13(9-12)17(18,19)20/h3-9,11,15,22H,10H2,1-2H3,(H,21,23)/t15-/m0/s1. The van der Waals surface area contributed by atoms with Crippen molar-refractivity contribution in [3.63, 3.8) is 0 Å². The zero-order valence-electron chi connectivity index (χ0n) is 14.6. The third kappa shape index (κ3) is 5.78. The Morgan fingerprint density at radius 2 is 1.89 bits per heavy atom. The molecule has 2 aromatic rings. The fraction of sp³-hybridized carbons (Fsp3) is 0.353. The number of carbonyl (C=O) groups excluding carboxylic acids is 1. The van der Waals surface area contributed by atoms with Crippen molar-refractivity contribution in [2.24, 2.45) is 5.92 Å². The minimum atomic E-state index is -4.48. The summed E-state index contributed by atoms with van der Waals surface area (Å²) < 4.78 is 65.4. The highest BCUT2D eigenvalue weighted by molar-refractivity contribution is 7.91. The van der Waals surface area contributed by atoms with Crippen molar-refractivity contribution in [3.8, 4) is 0 Å². The number of sulfonamides is 1. The Balaban J connectivity index is 2.08. The minimum absolute atomic E-state index is 0.0822. The van der Waals surface area contributed by atoms with Gasteiger partial charge in [0, 0.05) is 6.54 Å². The Bertz CT molecular complexity index is 879. The van der Waals surface area contributed by atoms with Gasteiger partial charge in [-0.25, -0.2) is 8.42 Å². The summed E-state index contributed by atoms with van der Waals surface area (Å²) in [4.78, 5) is 12.4. The molecule has 1 amide bonds. The zero-order chi connectivity index (χ0) is 20.2. The topological polar surface area (TPSA) is 75.3 Å². The summed E-state index contributed by atoms with van der Waals surface area (Å²) in [6, 6.07) is 6.54. The van der Waals surface area contributed by atoms with Gasteiger partial charge in [-0.1, -0.05) is 32.0 Å². The normalized spacial score (nSPS) is 13.6. The van der Waals surface area contributed by atoms with Crippen molar-refractivity contribution < 1.29 is 26.4 Å². The molecule has 0 spiro atoms. The van der Waals surface area contributed by atoms with Gasteiger partial charge in [0.15, 0.2) is 0 Å². The summed E-state index contributed by atoms with van der Waals surface area (Å²) in [5, 5.41) is 4.10. The SMILES string of the molecule is CC(C)[C@H](NS(=O)(=O)c1cccs1)C(=O)NCc1cccc(C(F)(F)F)c1. The summed E-state index contributed by atoms with van der Waals surface area (Å²) in [6.07, 6.45) is -4.48. The van der Waals surface area contributed by atoms with Crippen molar-refractivity contribution in [2.45, 2.75) is 36.8 Å². The number of halogens is 3. The number of hydrogen-bond acceptors (Lipinski definition) is 4. The highest BCUT2D eigenvalue weighted by Crippen LogP contribution is 2.29. The van der Waals surface area contributed by atoms with Gasteiger partial charge in [-0.15, -0.1) is 11.3 Å². The molecule has 0 unspecified atom stereocenters. The van der Waals surface area contributed by atoms with Crippen LogP contribution in [-0.2, 0) is 27.5 Å². The number of carbonyl (C=O) groups is 1. The molecule has 0 saturated heterocycles. The average Bonchev–Trinajstić information content (AvgIpc) is 3.12. The van der Waals surface area contributed by atoms with Gasteiger partial charge in [-0.05, 0) is 35.1 Å². The second-order valence-electron chi connectivity index (χ2n) is 6.19. The molecule has 2 rings (SSSR count). The summed E-state index contributed by atoms with van der Waals surface area (Å²) in [7, 11) is -3.86. The molecule has 1 aromatic carbocycles. The second-order valence-corrected chi connectivity index (χ2v) is 9.08. The van der Waals surface area contributed by atoms with Gasteiger partial charge in [0.25, 0.3) is 10.0 Å². The summed E-state index contributed by atoms with van der Waals surface area (Å²) >= 11 is 1.02.